The van der Waals surface area contributed by atoms with Crippen LogP contribution >= 0.6 is 23.2 Å². The summed E-state index contributed by atoms with van der Waals surface area (Å²) in [5, 5.41) is 24.1. The van der Waals surface area contributed by atoms with Crippen molar-refractivity contribution in [2.75, 3.05) is 19.5 Å². The van der Waals surface area contributed by atoms with E-state index in [4.69, 9.17) is 37.4 Å². The summed E-state index contributed by atoms with van der Waals surface area (Å²) in [5.41, 5.74) is 0.559. The number of hydrogen-bond acceptors (Lipinski definition) is 7. The molecular formula is C25H19Cl2N3O6. The van der Waals surface area contributed by atoms with E-state index in [1.807, 2.05) is 6.07 Å². The molecular weight excluding hydrogens is 509 g/mol. The standard InChI is InChI=1S/C25H19Cl2N3O6/c1-34-18-5-7-21(22(12-18)30(32)33)29-25(31)17(13-28)9-15-4-8-23(24(11-15)35-2)36-14-16-3-6-19(26)20(27)10-16/h3-12H,14H2,1-2H3,(H,29,31)/b17-9+. The van der Waals surface area contributed by atoms with Crippen LogP contribution in [-0.4, -0.2) is 25.1 Å². The summed E-state index contributed by atoms with van der Waals surface area (Å²) in [7, 11) is 2.82. The number of hydrogen-bond donors (Lipinski definition) is 1. The van der Waals surface area contributed by atoms with Crippen LogP contribution in [0.1, 0.15) is 11.1 Å². The zero-order valence-electron chi connectivity index (χ0n) is 19.1. The summed E-state index contributed by atoms with van der Waals surface area (Å²) in [5.74, 6) is 0.235. The Morgan fingerprint density at radius 1 is 1.06 bits per heavy atom. The summed E-state index contributed by atoms with van der Waals surface area (Å²) in [6.45, 7) is 0.203. The first-order valence-electron chi connectivity index (χ1n) is 10.3. The van der Waals surface area contributed by atoms with Gasteiger partial charge in [-0.2, -0.15) is 5.26 Å². The van der Waals surface area contributed by atoms with Crippen molar-refractivity contribution in [2.45, 2.75) is 6.61 Å². The third-order valence-corrected chi connectivity index (χ3v) is 5.63. The number of nitro benzene ring substituents is 1. The van der Waals surface area contributed by atoms with Crippen molar-refractivity contribution in [3.63, 3.8) is 0 Å². The van der Waals surface area contributed by atoms with E-state index in [2.05, 4.69) is 5.32 Å². The largest absolute Gasteiger partial charge is 0.496 e. The van der Waals surface area contributed by atoms with Crippen LogP contribution in [0.25, 0.3) is 6.08 Å². The van der Waals surface area contributed by atoms with E-state index in [-0.39, 0.29) is 29.3 Å². The Balaban J connectivity index is 1.79. The van der Waals surface area contributed by atoms with E-state index >= 15 is 0 Å². The molecule has 0 saturated heterocycles. The SMILES string of the molecule is COc1ccc(NC(=O)/C(C#N)=C/c2ccc(OCc3ccc(Cl)c(Cl)c3)c(OC)c2)c([N+](=O)[O-])c1. The van der Waals surface area contributed by atoms with Crippen LogP contribution in [0.2, 0.25) is 10.0 Å². The van der Waals surface area contributed by atoms with Gasteiger partial charge in [-0.05, 0) is 53.6 Å². The maximum Gasteiger partial charge on any atom is 0.296 e. The third-order valence-electron chi connectivity index (χ3n) is 4.89. The quantitative estimate of drug-likeness (QED) is 0.155. The first kappa shape index (κ1) is 26.3. The number of carbonyl (C=O) groups excluding carboxylic acids is 1. The molecule has 0 fully saturated rings. The lowest BCUT2D eigenvalue weighted by atomic mass is 10.1. The fourth-order valence-electron chi connectivity index (χ4n) is 3.08. The fourth-order valence-corrected chi connectivity index (χ4v) is 3.40. The molecule has 0 aliphatic heterocycles. The van der Waals surface area contributed by atoms with Crippen molar-refractivity contribution < 1.29 is 23.9 Å². The average molecular weight is 528 g/mol. The number of nitrogens with one attached hydrogen (secondary N) is 1. The average Bonchev–Trinajstić information content (AvgIpc) is 2.88. The molecule has 0 unspecified atom stereocenters. The minimum Gasteiger partial charge on any atom is -0.496 e. The minimum atomic E-state index is -0.815. The molecule has 0 atom stereocenters. The van der Waals surface area contributed by atoms with Crippen molar-refractivity contribution in [3.05, 3.63) is 91.5 Å². The minimum absolute atomic E-state index is 0.0735. The first-order valence-corrected chi connectivity index (χ1v) is 11.0. The van der Waals surface area contributed by atoms with Gasteiger partial charge in [0, 0.05) is 0 Å². The summed E-state index contributed by atoms with van der Waals surface area (Å²) in [4.78, 5) is 23.4. The second kappa shape index (κ2) is 11.9. The predicted octanol–water partition coefficient (Wildman–Crippen LogP) is 6.04. The number of ether oxygens (including phenoxy) is 3. The summed E-state index contributed by atoms with van der Waals surface area (Å²) in [6, 6.07) is 15.8. The Kier molecular flexibility index (Phi) is 8.73. The lowest BCUT2D eigenvalue weighted by molar-refractivity contribution is -0.384. The molecule has 3 aromatic rings. The fraction of sp³-hybridized carbons (Fsp3) is 0.120. The molecule has 11 heteroatoms. The molecule has 0 saturated carbocycles. The molecule has 0 aliphatic carbocycles. The van der Waals surface area contributed by atoms with E-state index in [1.54, 1.807) is 36.4 Å². The lowest BCUT2D eigenvalue weighted by Gasteiger charge is -2.12. The lowest BCUT2D eigenvalue weighted by Crippen LogP contribution is -2.14. The van der Waals surface area contributed by atoms with Crippen LogP contribution in [0.5, 0.6) is 17.2 Å². The molecule has 0 radical (unpaired) electrons. The maximum absolute atomic E-state index is 12.7. The highest BCUT2D eigenvalue weighted by molar-refractivity contribution is 6.42. The van der Waals surface area contributed by atoms with Crippen LogP contribution in [0.15, 0.2) is 60.2 Å². The predicted molar refractivity (Wildman–Crippen MR) is 136 cm³/mol. The van der Waals surface area contributed by atoms with Gasteiger partial charge in [0.1, 0.15) is 29.7 Å². The highest BCUT2D eigenvalue weighted by Gasteiger charge is 2.19. The summed E-state index contributed by atoms with van der Waals surface area (Å²) < 4.78 is 16.2. The van der Waals surface area contributed by atoms with Crippen LogP contribution in [-0.2, 0) is 11.4 Å². The molecule has 184 valence electrons. The van der Waals surface area contributed by atoms with Crippen LogP contribution < -0.4 is 19.5 Å². The molecule has 3 aromatic carbocycles. The number of nitro groups is 1. The number of nitrogens with zero attached hydrogens (tertiary/aromatic N) is 2. The molecule has 36 heavy (non-hydrogen) atoms. The Morgan fingerprint density at radius 2 is 1.83 bits per heavy atom. The molecule has 0 heterocycles. The highest BCUT2D eigenvalue weighted by Crippen LogP contribution is 2.32. The molecule has 3 rings (SSSR count). The molecule has 0 aromatic heterocycles. The van der Waals surface area contributed by atoms with Crippen LogP contribution in [0, 0.1) is 21.4 Å². The molecule has 9 nitrogen and oxygen atoms in total. The van der Waals surface area contributed by atoms with E-state index in [0.29, 0.717) is 27.1 Å². The number of benzene rings is 3. The van der Waals surface area contributed by atoms with Gasteiger partial charge in [-0.15, -0.1) is 0 Å². The van der Waals surface area contributed by atoms with Crippen molar-refractivity contribution in [2.24, 2.45) is 0 Å². The van der Waals surface area contributed by atoms with Crippen molar-refractivity contribution >= 4 is 46.6 Å². The molecule has 1 N–H and O–H groups in total. The molecule has 0 bridgehead atoms. The number of anilines is 1. The van der Waals surface area contributed by atoms with Crippen molar-refractivity contribution in [1.29, 1.82) is 5.26 Å². The second-order valence-electron chi connectivity index (χ2n) is 7.21. The van der Waals surface area contributed by atoms with Gasteiger partial charge in [-0.3, -0.25) is 14.9 Å². The number of amides is 1. The van der Waals surface area contributed by atoms with Gasteiger partial charge in [-0.1, -0.05) is 35.3 Å². The Morgan fingerprint density at radius 3 is 2.47 bits per heavy atom. The third kappa shape index (κ3) is 6.44. The van der Waals surface area contributed by atoms with Gasteiger partial charge in [0.15, 0.2) is 11.5 Å². The molecule has 0 spiro atoms. The Hall–Kier alpha value is -4.26. The number of nitriles is 1. The number of rotatable bonds is 9. The summed E-state index contributed by atoms with van der Waals surface area (Å²) in [6.07, 6.45) is 1.33. The van der Waals surface area contributed by atoms with Gasteiger partial charge in [0.25, 0.3) is 11.6 Å². The van der Waals surface area contributed by atoms with Crippen molar-refractivity contribution in [1.82, 2.24) is 0 Å². The van der Waals surface area contributed by atoms with Gasteiger partial charge >= 0.3 is 0 Å². The first-order chi connectivity index (χ1) is 17.2. The van der Waals surface area contributed by atoms with Crippen LogP contribution in [0.3, 0.4) is 0 Å². The molecule has 1 amide bonds. The monoisotopic (exact) mass is 527 g/mol. The smallest absolute Gasteiger partial charge is 0.296 e. The Labute approximate surface area is 216 Å². The highest BCUT2D eigenvalue weighted by atomic mass is 35.5. The van der Waals surface area contributed by atoms with Gasteiger partial charge in [-0.25, -0.2) is 0 Å². The maximum atomic E-state index is 12.7. The van der Waals surface area contributed by atoms with Crippen molar-refractivity contribution in [3.8, 4) is 23.3 Å². The van der Waals surface area contributed by atoms with E-state index in [0.717, 1.165) is 5.56 Å². The van der Waals surface area contributed by atoms with Gasteiger partial charge in [0.05, 0.1) is 35.3 Å². The van der Waals surface area contributed by atoms with Gasteiger partial charge < -0.3 is 19.5 Å². The molecule has 0 aliphatic rings. The normalized spacial score (nSPS) is 10.8. The Bertz CT molecular complexity index is 1380. The number of methoxy groups -OCH3 is 2. The second-order valence-corrected chi connectivity index (χ2v) is 8.03. The van der Waals surface area contributed by atoms with E-state index in [1.165, 1.54) is 38.5 Å². The van der Waals surface area contributed by atoms with E-state index in [9.17, 15) is 20.2 Å². The zero-order chi connectivity index (χ0) is 26.2. The van der Waals surface area contributed by atoms with Crippen LogP contribution in [0.4, 0.5) is 11.4 Å². The van der Waals surface area contributed by atoms with Gasteiger partial charge in [0.2, 0.25) is 0 Å². The zero-order valence-corrected chi connectivity index (χ0v) is 20.6. The van der Waals surface area contributed by atoms with E-state index < -0.39 is 10.8 Å². The summed E-state index contributed by atoms with van der Waals surface area (Å²) >= 11 is 12.0. The number of carbonyl (C=O) groups is 1. The topological polar surface area (TPSA) is 124 Å². The number of halogens is 2.